The Hall–Kier alpha value is -6.90. The molecule has 10 aromatic rings. The van der Waals surface area contributed by atoms with Crippen LogP contribution in [-0.2, 0) is 6.42 Å². The Morgan fingerprint density at radius 1 is 0.426 bits per heavy atom. The highest BCUT2D eigenvalue weighted by molar-refractivity contribution is 6.23. The Balaban J connectivity index is 1.12. The molecule has 11 rings (SSSR count). The van der Waals surface area contributed by atoms with Crippen LogP contribution in [0.1, 0.15) is 17.5 Å². The van der Waals surface area contributed by atoms with Gasteiger partial charge in [-0.15, -0.1) is 0 Å². The molecular formula is C52H34N2. The molecule has 2 heterocycles. The molecule has 1 aliphatic carbocycles. The summed E-state index contributed by atoms with van der Waals surface area (Å²) in [5, 5.41) is 9.78. The number of aromatic nitrogens is 2. The lowest BCUT2D eigenvalue weighted by Crippen LogP contribution is -1.98. The highest BCUT2D eigenvalue weighted by Gasteiger charge is 2.21. The van der Waals surface area contributed by atoms with E-state index in [9.17, 15) is 0 Å². The first-order valence-corrected chi connectivity index (χ1v) is 18.8. The number of aryl methyl sites for hydroxylation is 1. The summed E-state index contributed by atoms with van der Waals surface area (Å²) in [5.74, 6) is 0. The van der Waals surface area contributed by atoms with Gasteiger partial charge in [-0.05, 0) is 114 Å². The molecule has 2 nitrogen and oxygen atoms in total. The third kappa shape index (κ3) is 4.95. The number of nitrogens with zero attached hydrogens (tertiary/aromatic N) is 2. The van der Waals surface area contributed by atoms with Crippen LogP contribution in [-0.4, -0.2) is 9.97 Å². The first-order valence-electron chi connectivity index (χ1n) is 18.8. The largest absolute Gasteiger partial charge is 0.254 e. The summed E-state index contributed by atoms with van der Waals surface area (Å²) in [6, 6.07) is 60.0. The predicted molar refractivity (Wildman–Crippen MR) is 229 cm³/mol. The van der Waals surface area contributed by atoms with Gasteiger partial charge in [0.05, 0.1) is 16.7 Å². The molecule has 252 valence electrons. The van der Waals surface area contributed by atoms with Crippen LogP contribution in [0.5, 0.6) is 0 Å². The lowest BCUT2D eigenvalue weighted by molar-refractivity contribution is 0.987. The van der Waals surface area contributed by atoms with E-state index in [-0.39, 0.29) is 0 Å². The lowest BCUT2D eigenvalue weighted by Gasteiger charge is -2.22. The van der Waals surface area contributed by atoms with Gasteiger partial charge in [-0.25, -0.2) is 4.98 Å². The first kappa shape index (κ1) is 30.7. The van der Waals surface area contributed by atoms with Gasteiger partial charge in [-0.3, -0.25) is 4.98 Å². The van der Waals surface area contributed by atoms with E-state index in [0.29, 0.717) is 0 Å². The van der Waals surface area contributed by atoms with E-state index in [1.807, 2.05) is 12.3 Å². The summed E-state index contributed by atoms with van der Waals surface area (Å²) in [6.45, 7) is 0. The highest BCUT2D eigenvalue weighted by atomic mass is 14.7. The molecule has 0 unspecified atom stereocenters. The van der Waals surface area contributed by atoms with Gasteiger partial charge in [-0.1, -0.05) is 152 Å². The van der Waals surface area contributed by atoms with Crippen LogP contribution in [0.3, 0.4) is 0 Å². The number of hydrogen-bond acceptors (Lipinski definition) is 2. The molecular weight excluding hydrogens is 653 g/mol. The van der Waals surface area contributed by atoms with Gasteiger partial charge in [0.15, 0.2) is 0 Å². The van der Waals surface area contributed by atoms with E-state index in [0.717, 1.165) is 45.9 Å². The summed E-state index contributed by atoms with van der Waals surface area (Å²) in [4.78, 5) is 9.78. The van der Waals surface area contributed by atoms with Gasteiger partial charge < -0.3 is 0 Å². The molecule has 0 saturated heterocycles. The molecule has 0 fully saturated rings. The third-order valence-corrected chi connectivity index (χ3v) is 11.3. The fraction of sp³-hybridized carbons (Fsp3) is 0.0385. The van der Waals surface area contributed by atoms with Crippen molar-refractivity contribution in [1.82, 2.24) is 9.97 Å². The molecule has 8 aromatic carbocycles. The van der Waals surface area contributed by atoms with Gasteiger partial charge in [-0.2, -0.15) is 0 Å². The van der Waals surface area contributed by atoms with Crippen LogP contribution in [0.25, 0.3) is 105 Å². The summed E-state index contributed by atoms with van der Waals surface area (Å²) in [6.07, 6.45) is 8.67. The van der Waals surface area contributed by atoms with Crippen molar-refractivity contribution in [1.29, 1.82) is 0 Å². The average molecular weight is 687 g/mol. The first-order chi connectivity index (χ1) is 26.8. The number of hydrogen-bond donors (Lipinski definition) is 0. The molecule has 1 aliphatic rings. The minimum Gasteiger partial charge on any atom is -0.254 e. The van der Waals surface area contributed by atoms with Gasteiger partial charge in [0.25, 0.3) is 0 Å². The molecule has 0 atom stereocenters. The van der Waals surface area contributed by atoms with Crippen molar-refractivity contribution in [2.24, 2.45) is 0 Å². The Kier molecular flexibility index (Phi) is 7.03. The van der Waals surface area contributed by atoms with Crippen molar-refractivity contribution in [3.05, 3.63) is 187 Å². The fourth-order valence-electron chi connectivity index (χ4n) is 8.71. The van der Waals surface area contributed by atoms with Crippen LogP contribution in [0.15, 0.2) is 176 Å². The van der Waals surface area contributed by atoms with Crippen molar-refractivity contribution in [3.63, 3.8) is 0 Å². The Labute approximate surface area is 313 Å². The molecule has 0 N–H and O–H groups in total. The van der Waals surface area contributed by atoms with Gasteiger partial charge in [0, 0.05) is 22.5 Å². The number of benzene rings is 8. The summed E-state index contributed by atoms with van der Waals surface area (Å²) in [7, 11) is 0. The van der Waals surface area contributed by atoms with E-state index < -0.39 is 0 Å². The molecule has 0 amide bonds. The third-order valence-electron chi connectivity index (χ3n) is 11.3. The Morgan fingerprint density at radius 3 is 2.00 bits per heavy atom. The van der Waals surface area contributed by atoms with Crippen molar-refractivity contribution in [2.45, 2.75) is 12.8 Å². The monoisotopic (exact) mass is 686 g/mol. The minimum atomic E-state index is 0.934. The molecule has 0 saturated carbocycles. The highest BCUT2D eigenvalue weighted by Crippen LogP contribution is 2.47. The molecule has 0 spiro atoms. The SMILES string of the molecule is C1=Cc2c(cccc2-c2c3ccccc3c(-c3ccc4ccccc4c3)c3ccc(-c4ccc(-c5ccc6ccc7cccnc7c6n5)cc4)cc23)CC1. The van der Waals surface area contributed by atoms with Crippen molar-refractivity contribution in [3.8, 4) is 44.6 Å². The molecule has 0 aliphatic heterocycles. The quantitative estimate of drug-likeness (QED) is 0.136. The summed E-state index contributed by atoms with van der Waals surface area (Å²) < 4.78 is 0. The van der Waals surface area contributed by atoms with Crippen molar-refractivity contribution in [2.75, 3.05) is 0 Å². The Bertz CT molecular complexity index is 3150. The van der Waals surface area contributed by atoms with Gasteiger partial charge in [0.1, 0.15) is 0 Å². The number of pyridine rings is 2. The molecule has 2 aromatic heterocycles. The van der Waals surface area contributed by atoms with Crippen LogP contribution < -0.4 is 0 Å². The second kappa shape index (κ2) is 12.4. The zero-order valence-corrected chi connectivity index (χ0v) is 29.6. The molecule has 54 heavy (non-hydrogen) atoms. The average Bonchev–Trinajstić information content (AvgIpc) is 3.25. The van der Waals surface area contributed by atoms with E-state index in [4.69, 9.17) is 4.98 Å². The number of allylic oxidation sites excluding steroid dienone is 1. The molecule has 0 radical (unpaired) electrons. The van der Waals surface area contributed by atoms with E-state index in [1.54, 1.807) is 0 Å². The maximum absolute atomic E-state index is 5.12. The zero-order valence-electron chi connectivity index (χ0n) is 29.6. The van der Waals surface area contributed by atoms with Gasteiger partial charge in [0.2, 0.25) is 0 Å². The second-order valence-corrected chi connectivity index (χ2v) is 14.4. The van der Waals surface area contributed by atoms with Crippen LogP contribution in [0.2, 0.25) is 0 Å². The van der Waals surface area contributed by atoms with Crippen molar-refractivity contribution < 1.29 is 0 Å². The fourth-order valence-corrected chi connectivity index (χ4v) is 8.71. The maximum atomic E-state index is 5.12. The molecule has 0 bridgehead atoms. The van der Waals surface area contributed by atoms with Crippen LogP contribution in [0, 0.1) is 0 Å². The minimum absolute atomic E-state index is 0.934. The topological polar surface area (TPSA) is 25.8 Å². The van der Waals surface area contributed by atoms with Crippen LogP contribution >= 0.6 is 0 Å². The number of fused-ring (bicyclic) bond motifs is 7. The van der Waals surface area contributed by atoms with E-state index >= 15 is 0 Å². The van der Waals surface area contributed by atoms with E-state index in [2.05, 4.69) is 175 Å². The summed E-state index contributed by atoms with van der Waals surface area (Å²) >= 11 is 0. The lowest BCUT2D eigenvalue weighted by atomic mass is 9.82. The second-order valence-electron chi connectivity index (χ2n) is 14.4. The van der Waals surface area contributed by atoms with Crippen molar-refractivity contribution >= 4 is 60.2 Å². The van der Waals surface area contributed by atoms with Crippen LogP contribution in [0.4, 0.5) is 0 Å². The summed E-state index contributed by atoms with van der Waals surface area (Å²) in [5.41, 5.74) is 14.1. The number of rotatable bonds is 4. The predicted octanol–water partition coefficient (Wildman–Crippen LogP) is 13.9. The standard InChI is InChI=1S/C52H34N2/c1-2-11-39-31-41(25-20-33(39)9-1)49-44-15-5-6-16-45(44)50(43-17-7-12-35-10-3-4-14-42(35)43)47-32-40(26-28-46(47)49)34-18-21-36(22-19-34)48-29-27-38-24-23-37-13-8-30-53-51(37)52(38)54-48/h1-2,4-9,11-32H,3,10H2. The zero-order chi connectivity index (χ0) is 35.6. The Morgan fingerprint density at radius 2 is 1.11 bits per heavy atom. The maximum Gasteiger partial charge on any atom is 0.0972 e. The normalized spacial score (nSPS) is 12.6. The smallest absolute Gasteiger partial charge is 0.0972 e. The molecule has 2 heteroatoms. The van der Waals surface area contributed by atoms with Gasteiger partial charge >= 0.3 is 0 Å². The van der Waals surface area contributed by atoms with E-state index in [1.165, 1.54) is 76.8 Å².